The fourth-order valence-corrected chi connectivity index (χ4v) is 9.73. The van der Waals surface area contributed by atoms with E-state index in [0.29, 0.717) is 6.04 Å². The van der Waals surface area contributed by atoms with Gasteiger partial charge in [-0.2, -0.15) is 0 Å². The van der Waals surface area contributed by atoms with Crippen molar-refractivity contribution in [3.05, 3.63) is 29.8 Å². The zero-order valence-corrected chi connectivity index (χ0v) is 18.4. The van der Waals surface area contributed by atoms with Crippen molar-refractivity contribution in [3.63, 3.8) is 0 Å². The van der Waals surface area contributed by atoms with Gasteiger partial charge in [-0.1, -0.05) is 18.2 Å². The molecule has 1 aromatic rings. The van der Waals surface area contributed by atoms with Crippen molar-refractivity contribution in [2.45, 2.75) is 69.4 Å². The lowest BCUT2D eigenvalue weighted by atomic mass is 9.38. The summed E-state index contributed by atoms with van der Waals surface area (Å²) < 4.78 is 6.60. The van der Waals surface area contributed by atoms with Gasteiger partial charge in [0.25, 0.3) is 0 Å². The molecule has 6 aliphatic rings. The molecule has 0 aromatic heterocycles. The lowest BCUT2D eigenvalue weighted by Gasteiger charge is -2.70. The number of benzene rings is 1. The molecule has 6 atom stereocenters. The minimum Gasteiger partial charge on any atom is -0.469 e. The molecule has 2 saturated heterocycles. The number of quaternary nitrogens is 1. The molecule has 1 amide bonds. The number of fused-ring (bicyclic) bond motifs is 3. The zero-order chi connectivity index (χ0) is 20.9. The average molecular weight is 410 g/mol. The second-order valence-corrected chi connectivity index (χ2v) is 10.6. The molecule has 0 unspecified atom stereocenters. The predicted octanol–water partition coefficient (Wildman–Crippen LogP) is 3.41. The molecule has 3 aliphatic heterocycles. The van der Waals surface area contributed by atoms with E-state index in [4.69, 9.17) is 4.74 Å². The van der Waals surface area contributed by atoms with Crippen LogP contribution < -0.4 is 4.90 Å². The first-order chi connectivity index (χ1) is 14.4. The fourth-order valence-electron chi connectivity index (χ4n) is 9.73. The Kier molecular flexibility index (Phi) is 3.56. The van der Waals surface area contributed by atoms with Gasteiger partial charge in [0.1, 0.15) is 6.04 Å². The molecule has 0 radical (unpaired) electrons. The van der Waals surface area contributed by atoms with Crippen molar-refractivity contribution >= 4 is 17.6 Å². The van der Waals surface area contributed by atoms with Crippen LogP contribution in [0.2, 0.25) is 0 Å². The highest BCUT2D eigenvalue weighted by Crippen LogP contribution is 2.77. The maximum absolute atomic E-state index is 13.3. The topological polar surface area (TPSA) is 46.6 Å². The van der Waals surface area contributed by atoms with Gasteiger partial charge in [0.15, 0.2) is 0 Å². The van der Waals surface area contributed by atoms with Crippen LogP contribution in [0.1, 0.15) is 57.9 Å². The highest BCUT2D eigenvalue weighted by atomic mass is 16.5. The molecule has 3 saturated carbocycles. The SMILES string of the molecule is CC[N@+]12CCC[C@@]34CC[C@@]5([C@H](C(=O)OC)C3)N(C(C)=O)c3ccccc3[C@]5(CC1)[C@@H]42. The predicted molar refractivity (Wildman–Crippen MR) is 114 cm³/mol. The molecule has 1 aromatic carbocycles. The van der Waals surface area contributed by atoms with E-state index in [1.54, 1.807) is 6.92 Å². The molecule has 30 heavy (non-hydrogen) atoms. The Morgan fingerprint density at radius 2 is 1.97 bits per heavy atom. The Bertz CT molecular complexity index is 961. The van der Waals surface area contributed by atoms with Crippen LogP contribution in [0.4, 0.5) is 5.69 Å². The van der Waals surface area contributed by atoms with Crippen molar-refractivity contribution in [1.29, 1.82) is 0 Å². The van der Waals surface area contributed by atoms with Gasteiger partial charge in [0.2, 0.25) is 5.91 Å². The molecule has 5 fully saturated rings. The molecular weight excluding hydrogens is 376 g/mol. The summed E-state index contributed by atoms with van der Waals surface area (Å²) >= 11 is 0. The molecule has 3 spiro atoms. The Morgan fingerprint density at radius 3 is 2.70 bits per heavy atom. The lowest BCUT2D eigenvalue weighted by molar-refractivity contribution is -0.955. The van der Waals surface area contributed by atoms with Gasteiger partial charge >= 0.3 is 5.97 Å². The van der Waals surface area contributed by atoms with Crippen LogP contribution in [-0.2, 0) is 19.7 Å². The Labute approximate surface area is 179 Å². The van der Waals surface area contributed by atoms with E-state index in [-0.39, 0.29) is 28.6 Å². The van der Waals surface area contributed by atoms with Gasteiger partial charge in [-0.25, -0.2) is 0 Å². The summed E-state index contributed by atoms with van der Waals surface area (Å²) in [5.74, 6) is -0.281. The molecule has 3 heterocycles. The smallest absolute Gasteiger partial charge is 0.311 e. The Balaban J connectivity index is 1.72. The molecule has 0 N–H and O–H groups in total. The first-order valence-electron chi connectivity index (χ1n) is 11.8. The van der Waals surface area contributed by atoms with Crippen LogP contribution in [-0.4, -0.2) is 54.7 Å². The number of hydrogen-bond donors (Lipinski definition) is 0. The number of carbonyl (C=O) groups excluding carboxylic acids is 2. The van der Waals surface area contributed by atoms with Gasteiger partial charge < -0.3 is 14.1 Å². The van der Waals surface area contributed by atoms with Crippen molar-refractivity contribution in [2.24, 2.45) is 11.3 Å². The maximum atomic E-state index is 13.3. The van der Waals surface area contributed by atoms with E-state index in [1.165, 1.54) is 43.1 Å². The van der Waals surface area contributed by atoms with Crippen LogP contribution in [0.25, 0.3) is 0 Å². The number of esters is 1. The number of amides is 1. The van der Waals surface area contributed by atoms with E-state index in [1.807, 2.05) is 6.07 Å². The molecule has 2 bridgehead atoms. The van der Waals surface area contributed by atoms with Crippen molar-refractivity contribution in [2.75, 3.05) is 31.6 Å². The van der Waals surface area contributed by atoms with Crippen molar-refractivity contribution < 1.29 is 18.8 Å². The third-order valence-corrected chi connectivity index (χ3v) is 10.2. The van der Waals surface area contributed by atoms with E-state index in [2.05, 4.69) is 30.0 Å². The second-order valence-electron chi connectivity index (χ2n) is 10.6. The highest BCUT2D eigenvalue weighted by Gasteiger charge is 2.85. The maximum Gasteiger partial charge on any atom is 0.311 e. The number of nitrogens with zero attached hydrogens (tertiary/aromatic N) is 2. The number of hydrogen-bond acceptors (Lipinski definition) is 3. The van der Waals surface area contributed by atoms with Gasteiger partial charge in [-0.05, 0) is 50.7 Å². The molecule has 5 nitrogen and oxygen atoms in total. The van der Waals surface area contributed by atoms with E-state index < -0.39 is 5.54 Å². The zero-order valence-electron chi connectivity index (χ0n) is 18.4. The standard InChI is InChI=1S/C25H33N2O3/c1-4-27-14-7-10-23-11-12-25(19(16-23)21(29)30-3)24(13-15-27,22(23)27)18-8-5-6-9-20(18)26(25)17(2)28/h5-6,8-9,19,22H,4,7,10-16H2,1-3H3/q+1/t19-,22+,23+,24+,25-,27-/m0/s1. The summed E-state index contributed by atoms with van der Waals surface area (Å²) in [6.45, 7) is 7.60. The third kappa shape index (κ3) is 1.71. The van der Waals surface area contributed by atoms with Crippen molar-refractivity contribution in [3.8, 4) is 0 Å². The van der Waals surface area contributed by atoms with E-state index in [9.17, 15) is 9.59 Å². The highest BCUT2D eigenvalue weighted by molar-refractivity contribution is 5.99. The summed E-state index contributed by atoms with van der Waals surface area (Å²) in [6, 6.07) is 9.08. The quantitative estimate of drug-likeness (QED) is 0.556. The van der Waals surface area contributed by atoms with Crippen LogP contribution >= 0.6 is 0 Å². The summed E-state index contributed by atoms with van der Waals surface area (Å²) in [7, 11) is 1.52. The fraction of sp³-hybridized carbons (Fsp3) is 0.680. The number of carbonyl (C=O) groups is 2. The van der Waals surface area contributed by atoms with Crippen LogP contribution in [0.15, 0.2) is 24.3 Å². The molecule has 3 aliphatic carbocycles. The first-order valence-corrected chi connectivity index (χ1v) is 11.8. The largest absolute Gasteiger partial charge is 0.469 e. The summed E-state index contributed by atoms with van der Waals surface area (Å²) in [6.07, 6.45) is 6.46. The van der Waals surface area contributed by atoms with Crippen LogP contribution in [0, 0.1) is 11.3 Å². The van der Waals surface area contributed by atoms with E-state index >= 15 is 0 Å². The lowest BCUT2D eigenvalue weighted by Crippen LogP contribution is -2.82. The molecule has 5 heteroatoms. The third-order valence-electron chi connectivity index (χ3n) is 10.2. The van der Waals surface area contributed by atoms with Crippen LogP contribution in [0.5, 0.6) is 0 Å². The molecule has 160 valence electrons. The normalized spacial score (nSPS) is 45.0. The van der Waals surface area contributed by atoms with Gasteiger partial charge in [0.05, 0.1) is 43.6 Å². The molecular formula is C25H33N2O3+. The number of para-hydroxylation sites is 1. The Morgan fingerprint density at radius 1 is 1.17 bits per heavy atom. The van der Waals surface area contributed by atoms with Gasteiger partial charge in [-0.3, -0.25) is 9.59 Å². The second kappa shape index (κ2) is 5.67. The van der Waals surface area contributed by atoms with Crippen molar-refractivity contribution in [1.82, 2.24) is 0 Å². The number of methoxy groups -OCH3 is 1. The number of ether oxygens (including phenoxy) is 1. The minimum absolute atomic E-state index is 0.0694. The van der Waals surface area contributed by atoms with Gasteiger partial charge in [0, 0.05) is 24.4 Å². The summed E-state index contributed by atoms with van der Waals surface area (Å²) in [5, 5.41) is 0. The Hall–Kier alpha value is -1.88. The van der Waals surface area contributed by atoms with Crippen LogP contribution in [0.3, 0.4) is 0 Å². The minimum atomic E-state index is -0.478. The monoisotopic (exact) mass is 409 g/mol. The van der Waals surface area contributed by atoms with E-state index in [0.717, 1.165) is 37.9 Å². The first kappa shape index (κ1) is 18.9. The number of anilines is 1. The number of piperidine rings is 1. The number of likely N-dealkylation sites (N-methyl/N-ethyl adjacent to an activating group) is 1. The van der Waals surface area contributed by atoms with Gasteiger partial charge in [-0.15, -0.1) is 0 Å². The molecule has 7 rings (SSSR count). The average Bonchev–Trinajstić information content (AvgIpc) is 3.26. The summed E-state index contributed by atoms with van der Waals surface area (Å²) in [4.78, 5) is 28.7. The summed E-state index contributed by atoms with van der Waals surface area (Å²) in [5.41, 5.74) is 1.96. The number of rotatable bonds is 2.